The lowest BCUT2D eigenvalue weighted by Gasteiger charge is -2.22. The van der Waals surface area contributed by atoms with E-state index in [0.29, 0.717) is 18.9 Å². The minimum absolute atomic E-state index is 0.111. The summed E-state index contributed by atoms with van der Waals surface area (Å²) in [4.78, 5) is 15.4. The third kappa shape index (κ3) is 2.31. The molecule has 1 amide bonds. The second-order valence-electron chi connectivity index (χ2n) is 4.27. The first-order valence-electron chi connectivity index (χ1n) is 5.76. The van der Waals surface area contributed by atoms with E-state index in [9.17, 15) is 4.79 Å². The smallest absolute Gasteiger partial charge is 0.243 e. The summed E-state index contributed by atoms with van der Waals surface area (Å²) < 4.78 is 2.67. The number of carbonyl (C=O) groups excluding carboxylic acids is 1. The number of nitrogens with zero attached hydrogens (tertiary/aromatic N) is 3. The first-order valence-corrected chi connectivity index (χ1v) is 6.55. The Morgan fingerprint density at radius 1 is 1.50 bits per heavy atom. The lowest BCUT2D eigenvalue weighted by atomic mass is 10.1. The van der Waals surface area contributed by atoms with Crippen molar-refractivity contribution in [3.8, 4) is 0 Å². The van der Waals surface area contributed by atoms with Crippen LogP contribution in [0.3, 0.4) is 0 Å². The van der Waals surface area contributed by atoms with Gasteiger partial charge < -0.3 is 10.6 Å². The molecule has 2 aromatic heterocycles. The van der Waals surface area contributed by atoms with Gasteiger partial charge in [-0.15, -0.1) is 5.10 Å². The molecular weight excluding hydrogens is 298 g/mol. The molecule has 0 aromatic carbocycles. The zero-order valence-corrected chi connectivity index (χ0v) is 11.1. The van der Waals surface area contributed by atoms with Crippen LogP contribution in [-0.2, 0) is 4.79 Å². The monoisotopic (exact) mass is 309 g/mol. The van der Waals surface area contributed by atoms with Crippen LogP contribution in [0.1, 0.15) is 12.8 Å². The number of amides is 1. The van der Waals surface area contributed by atoms with Crippen molar-refractivity contribution >= 4 is 33.4 Å². The molecule has 3 rings (SSSR count). The number of nitrogens with one attached hydrogen (secondary N) is 2. The zero-order chi connectivity index (χ0) is 12.5. The van der Waals surface area contributed by atoms with Gasteiger partial charge in [-0.05, 0) is 34.5 Å². The van der Waals surface area contributed by atoms with Crippen molar-refractivity contribution in [3.63, 3.8) is 0 Å². The molecule has 1 aliphatic heterocycles. The maximum atomic E-state index is 11.1. The number of aromatic nitrogens is 3. The first kappa shape index (κ1) is 11.5. The molecule has 0 radical (unpaired) electrons. The molecular formula is C11H12BrN5O. The van der Waals surface area contributed by atoms with Crippen LogP contribution in [0.2, 0.25) is 0 Å². The van der Waals surface area contributed by atoms with Crippen LogP contribution >= 0.6 is 15.9 Å². The molecule has 1 atom stereocenters. The van der Waals surface area contributed by atoms with Crippen LogP contribution in [0.5, 0.6) is 0 Å². The number of hydrogen-bond acceptors (Lipinski definition) is 4. The second-order valence-corrected chi connectivity index (χ2v) is 5.19. The Labute approximate surface area is 112 Å². The summed E-state index contributed by atoms with van der Waals surface area (Å²) in [6, 6.07) is 4.02. The van der Waals surface area contributed by atoms with Gasteiger partial charge in [0.15, 0.2) is 5.65 Å². The molecule has 2 N–H and O–H groups in total. The molecule has 6 nitrogen and oxygen atoms in total. The van der Waals surface area contributed by atoms with E-state index in [2.05, 4.69) is 36.6 Å². The summed E-state index contributed by atoms with van der Waals surface area (Å²) in [6.45, 7) is 0.623. The Balaban J connectivity index is 1.76. The molecule has 1 saturated heterocycles. The minimum Gasteiger partial charge on any atom is -0.354 e. The number of halogens is 1. The summed E-state index contributed by atoms with van der Waals surface area (Å²) in [7, 11) is 0. The van der Waals surface area contributed by atoms with Gasteiger partial charge in [-0.25, -0.2) is 4.52 Å². The van der Waals surface area contributed by atoms with Gasteiger partial charge in [0, 0.05) is 29.7 Å². The van der Waals surface area contributed by atoms with Crippen molar-refractivity contribution in [2.75, 3.05) is 11.9 Å². The largest absolute Gasteiger partial charge is 0.354 e. The molecule has 1 fully saturated rings. The zero-order valence-electron chi connectivity index (χ0n) is 9.56. The fourth-order valence-corrected chi connectivity index (χ4v) is 2.28. The van der Waals surface area contributed by atoms with Crippen LogP contribution in [0, 0.1) is 0 Å². The predicted octanol–water partition coefficient (Wildman–Crippen LogP) is 1.18. The molecule has 18 heavy (non-hydrogen) atoms. The van der Waals surface area contributed by atoms with E-state index in [1.807, 2.05) is 18.3 Å². The van der Waals surface area contributed by atoms with Gasteiger partial charge in [-0.1, -0.05) is 0 Å². The van der Waals surface area contributed by atoms with Gasteiger partial charge >= 0.3 is 0 Å². The Morgan fingerprint density at radius 3 is 3.17 bits per heavy atom. The van der Waals surface area contributed by atoms with Gasteiger partial charge in [-0.3, -0.25) is 4.79 Å². The Morgan fingerprint density at radius 2 is 2.39 bits per heavy atom. The molecule has 0 spiro atoms. The maximum Gasteiger partial charge on any atom is 0.243 e. The van der Waals surface area contributed by atoms with Crippen molar-refractivity contribution in [3.05, 3.63) is 22.8 Å². The average molecular weight is 310 g/mol. The van der Waals surface area contributed by atoms with Crippen LogP contribution in [0.25, 0.3) is 5.65 Å². The van der Waals surface area contributed by atoms with Gasteiger partial charge in [0.1, 0.15) is 0 Å². The lowest BCUT2D eigenvalue weighted by Crippen LogP contribution is -2.42. The van der Waals surface area contributed by atoms with Crippen molar-refractivity contribution in [1.82, 2.24) is 19.9 Å². The quantitative estimate of drug-likeness (QED) is 0.874. The third-order valence-electron chi connectivity index (χ3n) is 2.89. The Bertz CT molecular complexity index is 586. The summed E-state index contributed by atoms with van der Waals surface area (Å²) in [5.74, 6) is 0.703. The van der Waals surface area contributed by atoms with E-state index in [-0.39, 0.29) is 11.9 Å². The van der Waals surface area contributed by atoms with Crippen LogP contribution in [0.15, 0.2) is 22.8 Å². The number of fused-ring (bicyclic) bond motifs is 1. The number of anilines is 1. The van der Waals surface area contributed by atoms with E-state index < -0.39 is 0 Å². The molecule has 1 unspecified atom stereocenters. The van der Waals surface area contributed by atoms with E-state index in [1.54, 1.807) is 4.52 Å². The average Bonchev–Trinajstić information content (AvgIpc) is 2.73. The van der Waals surface area contributed by atoms with E-state index in [4.69, 9.17) is 0 Å². The van der Waals surface area contributed by atoms with Gasteiger partial charge in [0.2, 0.25) is 11.9 Å². The van der Waals surface area contributed by atoms with Gasteiger partial charge in [0.05, 0.1) is 0 Å². The highest BCUT2D eigenvalue weighted by Gasteiger charge is 2.18. The van der Waals surface area contributed by atoms with Crippen LogP contribution in [0.4, 0.5) is 5.95 Å². The highest BCUT2D eigenvalue weighted by Crippen LogP contribution is 2.14. The lowest BCUT2D eigenvalue weighted by molar-refractivity contribution is -0.122. The molecule has 1 aliphatic rings. The number of rotatable bonds is 2. The number of piperidine rings is 1. The van der Waals surface area contributed by atoms with Crippen LogP contribution in [-0.4, -0.2) is 33.1 Å². The topological polar surface area (TPSA) is 71.3 Å². The van der Waals surface area contributed by atoms with Crippen molar-refractivity contribution < 1.29 is 4.79 Å². The van der Waals surface area contributed by atoms with E-state index in [1.165, 1.54) is 0 Å². The first-order chi connectivity index (χ1) is 8.70. The highest BCUT2D eigenvalue weighted by molar-refractivity contribution is 9.10. The molecule has 7 heteroatoms. The fourth-order valence-electron chi connectivity index (χ4n) is 1.96. The number of pyridine rings is 1. The Kier molecular flexibility index (Phi) is 2.91. The van der Waals surface area contributed by atoms with Crippen molar-refractivity contribution in [2.24, 2.45) is 0 Å². The normalized spacial score (nSPS) is 19.8. The molecule has 0 saturated carbocycles. The fraction of sp³-hybridized carbons (Fsp3) is 0.364. The molecule has 2 aromatic rings. The van der Waals surface area contributed by atoms with Gasteiger partial charge in [-0.2, -0.15) is 4.98 Å². The number of carbonyl (C=O) groups is 1. The number of hydrogen-bond donors (Lipinski definition) is 2. The second kappa shape index (κ2) is 4.56. The van der Waals surface area contributed by atoms with Crippen LogP contribution < -0.4 is 10.6 Å². The summed E-state index contributed by atoms with van der Waals surface area (Å²) >= 11 is 3.39. The maximum absolute atomic E-state index is 11.1. The van der Waals surface area contributed by atoms with E-state index >= 15 is 0 Å². The molecule has 0 aliphatic carbocycles. The summed E-state index contributed by atoms with van der Waals surface area (Å²) in [5, 5.41) is 10.4. The Hall–Kier alpha value is -1.63. The highest BCUT2D eigenvalue weighted by atomic mass is 79.9. The third-order valence-corrected chi connectivity index (χ3v) is 3.36. The van der Waals surface area contributed by atoms with Crippen molar-refractivity contribution in [2.45, 2.75) is 18.9 Å². The van der Waals surface area contributed by atoms with E-state index in [0.717, 1.165) is 16.5 Å². The minimum atomic E-state index is 0.111. The predicted molar refractivity (Wildman–Crippen MR) is 70.3 cm³/mol. The molecule has 0 bridgehead atoms. The van der Waals surface area contributed by atoms with Crippen molar-refractivity contribution in [1.29, 1.82) is 0 Å². The van der Waals surface area contributed by atoms with Gasteiger partial charge in [0.25, 0.3) is 0 Å². The molecule has 3 heterocycles. The summed E-state index contributed by atoms with van der Waals surface area (Å²) in [6.07, 6.45) is 3.22. The SMILES string of the molecule is O=C1CCC(Nc2nc3ccc(Br)cn3n2)CN1. The summed E-state index contributed by atoms with van der Waals surface area (Å²) in [5.41, 5.74) is 0.792. The standard InChI is InChI=1S/C11H12BrN5O/c12-7-1-3-9-15-11(16-17(9)6-7)14-8-2-4-10(18)13-5-8/h1,3,6,8H,2,4-5H2,(H,13,18)(H,14,16). The molecule has 94 valence electrons.